The minimum Gasteiger partial charge on any atom is -0.496 e. The van der Waals surface area contributed by atoms with Crippen molar-refractivity contribution in [3.05, 3.63) is 53.6 Å². The van der Waals surface area contributed by atoms with E-state index in [1.54, 1.807) is 4.90 Å². The Balaban J connectivity index is 1.92. The average molecular weight is 419 g/mol. The highest BCUT2D eigenvalue weighted by molar-refractivity contribution is 7.92. The molecule has 154 valence electrons. The Hall–Kier alpha value is -3.11. The van der Waals surface area contributed by atoms with Gasteiger partial charge in [0, 0.05) is 24.3 Å². The topological polar surface area (TPSA) is 128 Å². The van der Waals surface area contributed by atoms with Crippen molar-refractivity contribution in [3.8, 4) is 5.75 Å². The number of carbonyl (C=O) groups excluding carboxylic acids is 2. The van der Waals surface area contributed by atoms with E-state index in [1.165, 1.54) is 49.6 Å². The Kier molecular flexibility index (Phi) is 6.04. The number of nitrogens with two attached hydrogens (primary N) is 1. The van der Waals surface area contributed by atoms with Crippen molar-refractivity contribution in [2.45, 2.75) is 4.90 Å². The molecule has 29 heavy (non-hydrogen) atoms. The summed E-state index contributed by atoms with van der Waals surface area (Å²) in [6, 6.07) is 9.87. The maximum absolute atomic E-state index is 12.9. The predicted octanol–water partition coefficient (Wildman–Crippen LogP) is 1.07. The van der Waals surface area contributed by atoms with E-state index in [4.69, 9.17) is 15.2 Å². The van der Waals surface area contributed by atoms with E-state index in [1.807, 2.05) is 0 Å². The highest BCUT2D eigenvalue weighted by atomic mass is 32.2. The number of nitrogens with one attached hydrogen (secondary N) is 1. The lowest BCUT2D eigenvalue weighted by atomic mass is 10.1. The molecule has 2 aromatic rings. The molecular formula is C19H21N3O6S. The van der Waals surface area contributed by atoms with E-state index in [-0.39, 0.29) is 33.4 Å². The summed E-state index contributed by atoms with van der Waals surface area (Å²) in [5.74, 6) is -0.733. The molecule has 0 unspecified atom stereocenters. The van der Waals surface area contributed by atoms with Crippen LogP contribution in [0.4, 0.5) is 5.69 Å². The lowest BCUT2D eigenvalue weighted by molar-refractivity contribution is 0.0300. The van der Waals surface area contributed by atoms with Crippen LogP contribution in [0.25, 0.3) is 0 Å². The number of sulfonamides is 1. The number of rotatable bonds is 6. The van der Waals surface area contributed by atoms with Gasteiger partial charge in [-0.15, -0.1) is 0 Å². The van der Waals surface area contributed by atoms with Gasteiger partial charge in [0.1, 0.15) is 5.75 Å². The first-order valence-electron chi connectivity index (χ1n) is 8.79. The SMILES string of the molecule is COc1ccc(S(=O)(=O)Nc2cccc(C(N)=O)c2)cc1C(=O)N1CCOCC1. The van der Waals surface area contributed by atoms with Crippen LogP contribution < -0.4 is 15.2 Å². The fourth-order valence-corrected chi connectivity index (χ4v) is 3.98. The number of primary amides is 1. The molecule has 0 radical (unpaired) electrons. The third kappa shape index (κ3) is 4.66. The molecule has 3 N–H and O–H groups in total. The van der Waals surface area contributed by atoms with Crippen molar-refractivity contribution < 1.29 is 27.5 Å². The van der Waals surface area contributed by atoms with E-state index in [2.05, 4.69) is 4.72 Å². The Labute approximate surface area is 168 Å². The van der Waals surface area contributed by atoms with Gasteiger partial charge in [-0.2, -0.15) is 0 Å². The van der Waals surface area contributed by atoms with Gasteiger partial charge in [-0.25, -0.2) is 8.42 Å². The Morgan fingerprint density at radius 1 is 1.14 bits per heavy atom. The van der Waals surface area contributed by atoms with E-state index >= 15 is 0 Å². The molecule has 10 heteroatoms. The molecule has 0 saturated carbocycles. The fourth-order valence-electron chi connectivity index (χ4n) is 2.91. The third-order valence-corrected chi connectivity index (χ3v) is 5.79. The Morgan fingerprint density at radius 3 is 2.52 bits per heavy atom. The number of hydrogen-bond acceptors (Lipinski definition) is 6. The normalized spacial score (nSPS) is 14.3. The zero-order valence-electron chi connectivity index (χ0n) is 15.8. The first-order chi connectivity index (χ1) is 13.8. The minimum atomic E-state index is -4.02. The van der Waals surface area contributed by atoms with Crippen LogP contribution in [0.3, 0.4) is 0 Å². The third-order valence-electron chi connectivity index (χ3n) is 4.41. The van der Waals surface area contributed by atoms with Crippen LogP contribution in [0, 0.1) is 0 Å². The first-order valence-corrected chi connectivity index (χ1v) is 10.3. The van der Waals surface area contributed by atoms with E-state index in [0.717, 1.165) is 0 Å². The summed E-state index contributed by atoms with van der Waals surface area (Å²) in [5, 5.41) is 0. The molecular weight excluding hydrogens is 398 g/mol. The molecule has 1 fully saturated rings. The van der Waals surface area contributed by atoms with Gasteiger partial charge in [0.15, 0.2) is 0 Å². The second-order valence-corrected chi connectivity index (χ2v) is 8.00. The van der Waals surface area contributed by atoms with Gasteiger partial charge in [0.25, 0.3) is 15.9 Å². The average Bonchev–Trinajstić information content (AvgIpc) is 2.73. The van der Waals surface area contributed by atoms with Crippen LogP contribution in [-0.4, -0.2) is 58.5 Å². The number of morpholine rings is 1. The second kappa shape index (κ2) is 8.50. The molecule has 2 aromatic carbocycles. The second-order valence-electron chi connectivity index (χ2n) is 6.32. The Morgan fingerprint density at radius 2 is 1.86 bits per heavy atom. The van der Waals surface area contributed by atoms with Gasteiger partial charge in [0.2, 0.25) is 5.91 Å². The summed E-state index contributed by atoms with van der Waals surface area (Å²) in [7, 11) is -2.61. The molecule has 1 aliphatic rings. The van der Waals surface area contributed by atoms with Gasteiger partial charge >= 0.3 is 0 Å². The lowest BCUT2D eigenvalue weighted by Crippen LogP contribution is -2.40. The molecule has 1 aliphatic heterocycles. The van der Waals surface area contributed by atoms with Gasteiger partial charge in [-0.05, 0) is 36.4 Å². The van der Waals surface area contributed by atoms with Crippen LogP contribution in [0.5, 0.6) is 5.75 Å². The molecule has 0 atom stereocenters. The van der Waals surface area contributed by atoms with Crippen molar-refractivity contribution in [1.29, 1.82) is 0 Å². The molecule has 0 aromatic heterocycles. The number of anilines is 1. The van der Waals surface area contributed by atoms with Gasteiger partial charge < -0.3 is 20.1 Å². The van der Waals surface area contributed by atoms with Gasteiger partial charge in [0.05, 0.1) is 30.8 Å². The summed E-state index contributed by atoms with van der Waals surface area (Å²) >= 11 is 0. The van der Waals surface area contributed by atoms with Gasteiger partial charge in [-0.3, -0.25) is 14.3 Å². The van der Waals surface area contributed by atoms with Crippen molar-refractivity contribution in [3.63, 3.8) is 0 Å². The molecule has 2 amide bonds. The number of benzene rings is 2. The summed E-state index contributed by atoms with van der Waals surface area (Å²) < 4.78 is 38.5. The molecule has 1 saturated heterocycles. The molecule has 1 heterocycles. The highest BCUT2D eigenvalue weighted by Crippen LogP contribution is 2.26. The smallest absolute Gasteiger partial charge is 0.261 e. The summed E-state index contributed by atoms with van der Waals surface area (Å²) in [6.07, 6.45) is 0. The maximum Gasteiger partial charge on any atom is 0.261 e. The number of nitrogens with zero attached hydrogens (tertiary/aromatic N) is 1. The molecule has 3 rings (SSSR count). The fraction of sp³-hybridized carbons (Fsp3) is 0.263. The van der Waals surface area contributed by atoms with Crippen molar-refractivity contribution in [2.75, 3.05) is 38.1 Å². The predicted molar refractivity (Wildman–Crippen MR) is 105 cm³/mol. The summed E-state index contributed by atoms with van der Waals surface area (Å²) in [4.78, 5) is 25.6. The quantitative estimate of drug-likeness (QED) is 0.721. The van der Waals surface area contributed by atoms with Crippen molar-refractivity contribution in [2.24, 2.45) is 5.73 Å². The maximum atomic E-state index is 12.9. The summed E-state index contributed by atoms with van der Waals surface area (Å²) in [5.41, 5.74) is 5.72. The minimum absolute atomic E-state index is 0.112. The Bertz CT molecular complexity index is 1030. The van der Waals surface area contributed by atoms with Crippen molar-refractivity contribution in [1.82, 2.24) is 4.90 Å². The van der Waals surface area contributed by atoms with E-state index < -0.39 is 15.9 Å². The lowest BCUT2D eigenvalue weighted by Gasteiger charge is -2.27. The van der Waals surface area contributed by atoms with Crippen LogP contribution in [0.1, 0.15) is 20.7 Å². The van der Waals surface area contributed by atoms with Crippen molar-refractivity contribution >= 4 is 27.5 Å². The van der Waals surface area contributed by atoms with Crippen LogP contribution in [0.2, 0.25) is 0 Å². The molecule has 0 aliphatic carbocycles. The van der Waals surface area contributed by atoms with Crippen LogP contribution >= 0.6 is 0 Å². The van der Waals surface area contributed by atoms with Crippen LogP contribution in [0.15, 0.2) is 47.4 Å². The number of ether oxygens (including phenoxy) is 2. The van der Waals surface area contributed by atoms with E-state index in [0.29, 0.717) is 26.3 Å². The molecule has 0 bridgehead atoms. The number of methoxy groups -OCH3 is 1. The molecule has 0 spiro atoms. The highest BCUT2D eigenvalue weighted by Gasteiger charge is 2.25. The molecule has 9 nitrogen and oxygen atoms in total. The standard InChI is InChI=1S/C19H21N3O6S/c1-27-17-6-5-15(12-16(17)19(24)22-7-9-28-10-8-22)29(25,26)21-14-4-2-3-13(11-14)18(20)23/h2-6,11-12,21H,7-10H2,1H3,(H2,20,23). The number of hydrogen-bond donors (Lipinski definition) is 2. The first kappa shape index (κ1) is 20.6. The van der Waals surface area contributed by atoms with Gasteiger partial charge in [-0.1, -0.05) is 6.07 Å². The zero-order valence-corrected chi connectivity index (χ0v) is 16.6. The zero-order chi connectivity index (χ0) is 21.0. The monoisotopic (exact) mass is 419 g/mol. The number of amides is 2. The number of carbonyl (C=O) groups is 2. The summed E-state index contributed by atoms with van der Waals surface area (Å²) in [6.45, 7) is 1.67. The van der Waals surface area contributed by atoms with E-state index in [9.17, 15) is 18.0 Å². The van der Waals surface area contributed by atoms with Crippen LogP contribution in [-0.2, 0) is 14.8 Å². The largest absolute Gasteiger partial charge is 0.496 e.